The molecule has 0 heterocycles. The molecule has 348 valence electrons. The van der Waals surface area contributed by atoms with Gasteiger partial charge in [0.05, 0.1) is 27.7 Å². The zero-order chi connectivity index (χ0) is 45.0. The van der Waals surface area contributed by atoms with E-state index in [0.717, 1.165) is 116 Å². The van der Waals surface area contributed by atoms with Crippen LogP contribution in [0.5, 0.6) is 0 Å². The fraction of sp³-hybridized carbons (Fsp3) is 0.647. The minimum Gasteiger partial charge on any atom is -0.756 e. The molecule has 0 aromatic heterocycles. The van der Waals surface area contributed by atoms with Gasteiger partial charge in [0.1, 0.15) is 19.8 Å². The van der Waals surface area contributed by atoms with E-state index in [-0.39, 0.29) is 26.1 Å². The van der Waals surface area contributed by atoms with E-state index in [1.54, 1.807) is 0 Å². The number of nitrogens with zero attached hydrogens (tertiary/aromatic N) is 1. The number of hydrogen-bond acceptors (Lipinski definition) is 8. The van der Waals surface area contributed by atoms with Crippen molar-refractivity contribution in [3.8, 4) is 0 Å². The zero-order valence-corrected chi connectivity index (χ0v) is 40.0. The van der Waals surface area contributed by atoms with Crippen LogP contribution < -0.4 is 4.89 Å². The minimum atomic E-state index is -4.64. The lowest BCUT2D eigenvalue weighted by molar-refractivity contribution is -0.870. The number of ether oxygens (including phenoxy) is 2. The zero-order valence-electron chi connectivity index (χ0n) is 39.1. The maximum Gasteiger partial charge on any atom is 0.306 e. The summed E-state index contributed by atoms with van der Waals surface area (Å²) < 4.78 is 33.8. The summed E-state index contributed by atoms with van der Waals surface area (Å²) in [6.45, 7) is 3.99. The summed E-state index contributed by atoms with van der Waals surface area (Å²) in [5, 5.41) is 0. The van der Waals surface area contributed by atoms with Gasteiger partial charge >= 0.3 is 11.9 Å². The highest BCUT2D eigenvalue weighted by Crippen LogP contribution is 2.38. The molecule has 0 aliphatic carbocycles. The number of esters is 2. The fourth-order valence-corrected chi connectivity index (χ4v) is 6.42. The molecule has 0 aromatic rings. The summed E-state index contributed by atoms with van der Waals surface area (Å²) in [6.07, 6.45) is 55.9. The van der Waals surface area contributed by atoms with E-state index in [4.69, 9.17) is 18.5 Å². The predicted octanol–water partition coefficient (Wildman–Crippen LogP) is 13.1. The van der Waals surface area contributed by atoms with Crippen LogP contribution in [-0.4, -0.2) is 70.0 Å². The third-order valence-corrected chi connectivity index (χ3v) is 10.3. The van der Waals surface area contributed by atoms with Gasteiger partial charge < -0.3 is 27.9 Å². The fourth-order valence-electron chi connectivity index (χ4n) is 5.69. The molecular weight excluding hydrogens is 786 g/mol. The average molecular weight is 872 g/mol. The van der Waals surface area contributed by atoms with E-state index in [9.17, 15) is 19.0 Å². The molecule has 2 unspecified atom stereocenters. The van der Waals surface area contributed by atoms with Gasteiger partial charge in [-0.25, -0.2) is 0 Å². The second-order valence-corrected chi connectivity index (χ2v) is 17.8. The molecule has 0 N–H and O–H groups in total. The highest BCUT2D eigenvalue weighted by molar-refractivity contribution is 7.45. The molecule has 10 heteroatoms. The first-order chi connectivity index (χ1) is 29.5. The number of likely N-dealkylation sites (N-methyl/N-ethyl adjacent to an activating group) is 1. The largest absolute Gasteiger partial charge is 0.756 e. The Bertz CT molecular complexity index is 1350. The Morgan fingerprint density at radius 3 is 1.41 bits per heavy atom. The lowest BCUT2D eigenvalue weighted by atomic mass is 10.1. The van der Waals surface area contributed by atoms with E-state index in [1.165, 1.54) is 6.42 Å². The average Bonchev–Trinajstić information content (AvgIpc) is 3.21. The quantitative estimate of drug-likeness (QED) is 0.0196. The van der Waals surface area contributed by atoms with Gasteiger partial charge in [-0.05, 0) is 89.9 Å². The molecule has 0 aromatic carbocycles. The van der Waals surface area contributed by atoms with Gasteiger partial charge in [0.15, 0.2) is 6.10 Å². The lowest BCUT2D eigenvalue weighted by Gasteiger charge is -2.28. The monoisotopic (exact) mass is 872 g/mol. The summed E-state index contributed by atoms with van der Waals surface area (Å²) in [5.41, 5.74) is 0. The molecule has 2 atom stereocenters. The Hall–Kier alpha value is -3.07. The van der Waals surface area contributed by atoms with Gasteiger partial charge in [-0.15, -0.1) is 0 Å². The normalized spacial score (nSPS) is 14.4. The molecule has 0 aliphatic heterocycles. The molecular formula is C51H86NO8P. The van der Waals surface area contributed by atoms with Crippen LogP contribution in [0.2, 0.25) is 0 Å². The molecule has 0 bridgehead atoms. The third-order valence-electron chi connectivity index (χ3n) is 9.32. The van der Waals surface area contributed by atoms with Crippen molar-refractivity contribution in [3.05, 3.63) is 97.2 Å². The van der Waals surface area contributed by atoms with Crippen LogP contribution in [0.15, 0.2) is 97.2 Å². The van der Waals surface area contributed by atoms with E-state index in [1.807, 2.05) is 21.1 Å². The van der Waals surface area contributed by atoms with Crippen molar-refractivity contribution in [3.63, 3.8) is 0 Å². The van der Waals surface area contributed by atoms with Crippen molar-refractivity contribution >= 4 is 19.8 Å². The van der Waals surface area contributed by atoms with Crippen molar-refractivity contribution in [1.82, 2.24) is 0 Å². The number of quaternary nitrogens is 1. The van der Waals surface area contributed by atoms with Gasteiger partial charge in [0.25, 0.3) is 7.82 Å². The molecule has 0 saturated carbocycles. The van der Waals surface area contributed by atoms with Gasteiger partial charge in [0, 0.05) is 12.8 Å². The van der Waals surface area contributed by atoms with E-state index in [2.05, 4.69) is 111 Å². The van der Waals surface area contributed by atoms with Crippen molar-refractivity contribution in [1.29, 1.82) is 0 Å². The minimum absolute atomic E-state index is 0.0418. The summed E-state index contributed by atoms with van der Waals surface area (Å²) in [6, 6.07) is 0. The number of phosphoric ester groups is 1. The summed E-state index contributed by atoms with van der Waals surface area (Å²) in [4.78, 5) is 37.5. The molecule has 0 spiro atoms. The van der Waals surface area contributed by atoms with E-state index in [0.29, 0.717) is 23.9 Å². The molecule has 61 heavy (non-hydrogen) atoms. The number of allylic oxidation sites excluding steroid dienone is 16. The van der Waals surface area contributed by atoms with Gasteiger partial charge in [-0.3, -0.25) is 14.2 Å². The maximum absolute atomic E-state index is 12.7. The number of hydrogen-bond donors (Lipinski definition) is 0. The van der Waals surface area contributed by atoms with Crippen LogP contribution in [-0.2, 0) is 32.7 Å². The topological polar surface area (TPSA) is 111 Å². The standard InChI is InChI=1S/C51H86NO8P/c1-6-8-10-12-14-16-18-19-20-21-22-23-24-25-26-27-28-29-30-31-32-33-34-36-38-40-42-44-51(54)60-49(48-59-61(55,56)58-46-45-52(3,4)5)47-57-50(53)43-41-39-37-35-17-15-13-11-9-7-2/h8,10-11,13-14,16,19-20,22-23,25-26,28-29,31-32,49H,6-7,9,12,15,17-18,21,24,27,30,33-48H2,1-5H3/b10-8-,13-11-,16-14-,20-19-,23-22-,26-25-,29-28-,32-31-. The van der Waals surface area contributed by atoms with Gasteiger partial charge in [0.2, 0.25) is 0 Å². The van der Waals surface area contributed by atoms with Crippen molar-refractivity contribution < 1.29 is 42.1 Å². The molecule has 0 amide bonds. The predicted molar refractivity (Wildman–Crippen MR) is 254 cm³/mol. The molecule has 0 fully saturated rings. The Balaban J connectivity index is 4.30. The lowest BCUT2D eigenvalue weighted by Crippen LogP contribution is -2.37. The summed E-state index contributed by atoms with van der Waals surface area (Å²) >= 11 is 0. The van der Waals surface area contributed by atoms with Gasteiger partial charge in [-0.1, -0.05) is 156 Å². The van der Waals surface area contributed by atoms with E-state index < -0.39 is 32.5 Å². The Kier molecular flexibility index (Phi) is 40.1. The van der Waals surface area contributed by atoms with Gasteiger partial charge in [-0.2, -0.15) is 0 Å². The summed E-state index contributed by atoms with van der Waals surface area (Å²) in [7, 11) is 1.13. The van der Waals surface area contributed by atoms with Crippen LogP contribution in [0.1, 0.15) is 162 Å². The summed E-state index contributed by atoms with van der Waals surface area (Å²) in [5.74, 6) is -0.880. The second-order valence-electron chi connectivity index (χ2n) is 16.4. The Labute approximate surface area is 373 Å². The Morgan fingerprint density at radius 2 is 0.934 bits per heavy atom. The third kappa shape index (κ3) is 46.3. The maximum atomic E-state index is 12.7. The van der Waals surface area contributed by atoms with Crippen LogP contribution in [0.4, 0.5) is 0 Å². The number of phosphoric acid groups is 1. The molecule has 0 saturated heterocycles. The number of carbonyl (C=O) groups is 2. The highest BCUT2D eigenvalue weighted by Gasteiger charge is 2.21. The number of rotatable bonds is 41. The molecule has 0 radical (unpaired) electrons. The van der Waals surface area contributed by atoms with Crippen molar-refractivity contribution in [2.24, 2.45) is 0 Å². The number of unbranched alkanes of at least 4 members (excludes halogenated alkanes) is 11. The van der Waals surface area contributed by atoms with Crippen molar-refractivity contribution in [2.75, 3.05) is 47.5 Å². The molecule has 0 rings (SSSR count). The first-order valence-corrected chi connectivity index (χ1v) is 24.9. The van der Waals surface area contributed by atoms with Crippen LogP contribution in [0.3, 0.4) is 0 Å². The smallest absolute Gasteiger partial charge is 0.306 e. The van der Waals surface area contributed by atoms with Crippen LogP contribution >= 0.6 is 7.82 Å². The molecule has 9 nitrogen and oxygen atoms in total. The SMILES string of the molecule is CC/C=C\C/C=C\C/C=C\C/C=C\C/C=C\C/C=C\C/C=C\CCCCCCCC(=O)OC(COC(=O)CCCCCCC/C=C\CCC)COP(=O)([O-])OCC[N+](C)(C)C. The van der Waals surface area contributed by atoms with Crippen LogP contribution in [0.25, 0.3) is 0 Å². The number of carbonyl (C=O) groups excluding carboxylic acids is 2. The second kappa shape index (κ2) is 42.2. The van der Waals surface area contributed by atoms with Crippen LogP contribution in [0, 0.1) is 0 Å². The van der Waals surface area contributed by atoms with Crippen molar-refractivity contribution in [2.45, 2.75) is 168 Å². The van der Waals surface area contributed by atoms with E-state index >= 15 is 0 Å². The highest BCUT2D eigenvalue weighted by atomic mass is 31.2. The molecule has 0 aliphatic rings. The first-order valence-electron chi connectivity index (χ1n) is 23.4. The first kappa shape index (κ1) is 57.9. The Morgan fingerprint density at radius 1 is 0.525 bits per heavy atom.